The number of hydrogen-bond donors (Lipinski definition) is 3. The number of nitrogens with one attached hydrogen (secondary N) is 2. The second kappa shape index (κ2) is 8.41. The Kier molecular flexibility index (Phi) is 5.35. The van der Waals surface area contributed by atoms with Gasteiger partial charge in [0.05, 0.1) is 16.8 Å². The predicted octanol–water partition coefficient (Wildman–Crippen LogP) is 2.89. The summed E-state index contributed by atoms with van der Waals surface area (Å²) >= 11 is 0. The van der Waals surface area contributed by atoms with Gasteiger partial charge in [-0.1, -0.05) is 18.2 Å². The van der Waals surface area contributed by atoms with Gasteiger partial charge in [0.2, 0.25) is 0 Å². The third-order valence-corrected chi connectivity index (χ3v) is 4.38. The Morgan fingerprint density at radius 1 is 0.871 bits per heavy atom. The lowest BCUT2D eigenvalue weighted by Gasteiger charge is -2.11. The van der Waals surface area contributed by atoms with E-state index in [-0.39, 0.29) is 17.2 Å². The number of amides is 2. The fourth-order valence-electron chi connectivity index (χ4n) is 2.95. The smallest absolute Gasteiger partial charge is 0.257 e. The van der Waals surface area contributed by atoms with Crippen LogP contribution in [0.15, 0.2) is 73.1 Å². The first-order valence-electron chi connectivity index (χ1n) is 9.11. The van der Waals surface area contributed by atoms with Crippen molar-refractivity contribution in [2.45, 2.75) is 0 Å². The number of anilines is 3. The van der Waals surface area contributed by atoms with E-state index in [2.05, 4.69) is 26.2 Å². The second-order valence-corrected chi connectivity index (χ2v) is 6.49. The quantitative estimate of drug-likeness (QED) is 0.429. The summed E-state index contributed by atoms with van der Waals surface area (Å²) in [6, 6.07) is 17.0. The summed E-state index contributed by atoms with van der Waals surface area (Å²) in [5.74, 6) is -1.40. The third kappa shape index (κ3) is 4.37. The zero-order valence-electron chi connectivity index (χ0n) is 16.0. The molecule has 0 saturated heterocycles. The summed E-state index contributed by atoms with van der Waals surface area (Å²) in [7, 11) is 0. The van der Waals surface area contributed by atoms with E-state index in [1.807, 2.05) is 0 Å². The van der Waals surface area contributed by atoms with Crippen LogP contribution in [0.25, 0.3) is 5.69 Å². The van der Waals surface area contributed by atoms with Crippen LogP contribution in [0, 0.1) is 5.82 Å². The van der Waals surface area contributed by atoms with Crippen molar-refractivity contribution in [3.8, 4) is 5.69 Å². The molecule has 1 heterocycles. The number of tetrazole rings is 1. The molecule has 31 heavy (non-hydrogen) atoms. The molecule has 0 aliphatic carbocycles. The lowest BCUT2D eigenvalue weighted by molar-refractivity contribution is 0.101. The Balaban J connectivity index is 1.52. The van der Waals surface area contributed by atoms with Crippen LogP contribution in [0.4, 0.5) is 21.5 Å². The van der Waals surface area contributed by atoms with Gasteiger partial charge >= 0.3 is 0 Å². The lowest BCUT2D eigenvalue weighted by Crippen LogP contribution is -2.16. The number of nitrogen functional groups attached to an aromatic ring is 1. The highest BCUT2D eigenvalue weighted by molar-refractivity contribution is 6.09. The fourth-order valence-corrected chi connectivity index (χ4v) is 2.95. The highest BCUT2D eigenvalue weighted by atomic mass is 19.1. The standard InChI is InChI=1S/C21H16FN7O2/c22-13-8-9-16(18(23)10-13)20(30)25-14-4-3-5-15(11-14)26-21(31)17-6-1-2-7-19(17)29-12-24-27-28-29/h1-12H,23H2,(H,25,30)(H,26,31). The Morgan fingerprint density at radius 2 is 1.58 bits per heavy atom. The minimum Gasteiger partial charge on any atom is -0.398 e. The molecule has 1 aromatic heterocycles. The number of nitrogens with zero attached hydrogens (tertiary/aromatic N) is 4. The van der Waals surface area contributed by atoms with Crippen LogP contribution in [-0.4, -0.2) is 32.0 Å². The van der Waals surface area contributed by atoms with E-state index >= 15 is 0 Å². The molecule has 10 heteroatoms. The zero-order chi connectivity index (χ0) is 21.8. The summed E-state index contributed by atoms with van der Waals surface area (Å²) < 4.78 is 14.6. The molecule has 0 radical (unpaired) electrons. The van der Waals surface area contributed by atoms with Crippen molar-refractivity contribution < 1.29 is 14.0 Å². The maximum Gasteiger partial charge on any atom is 0.257 e. The fraction of sp³-hybridized carbons (Fsp3) is 0. The van der Waals surface area contributed by atoms with Crippen LogP contribution in [0.2, 0.25) is 0 Å². The zero-order valence-corrected chi connectivity index (χ0v) is 16.0. The van der Waals surface area contributed by atoms with Crippen molar-refractivity contribution in [3.63, 3.8) is 0 Å². The second-order valence-electron chi connectivity index (χ2n) is 6.49. The molecule has 0 bridgehead atoms. The largest absolute Gasteiger partial charge is 0.398 e. The van der Waals surface area contributed by atoms with Gasteiger partial charge < -0.3 is 16.4 Å². The van der Waals surface area contributed by atoms with Crippen molar-refractivity contribution in [1.82, 2.24) is 20.2 Å². The maximum atomic E-state index is 13.2. The molecule has 0 unspecified atom stereocenters. The highest BCUT2D eigenvalue weighted by Gasteiger charge is 2.15. The van der Waals surface area contributed by atoms with Gasteiger partial charge in [0.1, 0.15) is 12.1 Å². The summed E-state index contributed by atoms with van der Waals surface area (Å²) in [4.78, 5) is 25.3. The first-order valence-corrected chi connectivity index (χ1v) is 9.11. The van der Waals surface area contributed by atoms with E-state index in [9.17, 15) is 14.0 Å². The number of hydrogen-bond acceptors (Lipinski definition) is 6. The Labute approximate surface area is 175 Å². The van der Waals surface area contributed by atoms with Gasteiger partial charge in [-0.25, -0.2) is 4.39 Å². The van der Waals surface area contributed by atoms with Crippen molar-refractivity contribution in [2.75, 3.05) is 16.4 Å². The van der Waals surface area contributed by atoms with E-state index in [1.165, 1.54) is 17.1 Å². The van der Waals surface area contributed by atoms with E-state index in [4.69, 9.17) is 5.73 Å². The van der Waals surface area contributed by atoms with Crippen molar-refractivity contribution >= 4 is 28.9 Å². The first kappa shape index (κ1) is 19.7. The molecular weight excluding hydrogens is 401 g/mol. The number of para-hydroxylation sites is 1. The van der Waals surface area contributed by atoms with Gasteiger partial charge in [0, 0.05) is 17.1 Å². The van der Waals surface area contributed by atoms with Gasteiger partial charge in [-0.2, -0.15) is 4.68 Å². The normalized spacial score (nSPS) is 10.5. The number of halogens is 1. The van der Waals surface area contributed by atoms with Gasteiger partial charge in [0.15, 0.2) is 0 Å². The SMILES string of the molecule is Nc1cc(F)ccc1C(=O)Nc1cccc(NC(=O)c2ccccc2-n2cnnn2)c1. The summed E-state index contributed by atoms with van der Waals surface area (Å²) in [6.07, 6.45) is 1.39. The number of rotatable bonds is 5. The molecule has 4 N–H and O–H groups in total. The molecule has 0 atom stereocenters. The molecule has 4 aromatic rings. The molecule has 0 spiro atoms. The number of nitrogens with two attached hydrogens (primary N) is 1. The summed E-state index contributed by atoms with van der Waals surface area (Å²) in [5, 5.41) is 16.5. The Bertz CT molecular complexity index is 1260. The number of benzene rings is 3. The number of carbonyl (C=O) groups is 2. The molecule has 0 fully saturated rings. The molecule has 3 aromatic carbocycles. The molecule has 2 amide bonds. The third-order valence-electron chi connectivity index (χ3n) is 4.38. The van der Waals surface area contributed by atoms with Crippen LogP contribution < -0.4 is 16.4 Å². The van der Waals surface area contributed by atoms with Gasteiger partial charge in [0.25, 0.3) is 11.8 Å². The monoisotopic (exact) mass is 417 g/mol. The summed E-state index contributed by atoms with van der Waals surface area (Å²) in [6.45, 7) is 0. The molecular formula is C21H16FN7O2. The van der Waals surface area contributed by atoms with Gasteiger partial charge in [-0.05, 0) is 59.0 Å². The maximum absolute atomic E-state index is 13.2. The van der Waals surface area contributed by atoms with Crippen LogP contribution in [-0.2, 0) is 0 Å². The molecule has 154 valence electrons. The molecule has 9 nitrogen and oxygen atoms in total. The van der Waals surface area contributed by atoms with Crippen LogP contribution in [0.3, 0.4) is 0 Å². The molecule has 0 aliphatic rings. The van der Waals surface area contributed by atoms with Crippen molar-refractivity contribution in [1.29, 1.82) is 0 Å². The predicted molar refractivity (Wildman–Crippen MR) is 112 cm³/mol. The lowest BCUT2D eigenvalue weighted by atomic mass is 10.1. The van der Waals surface area contributed by atoms with Gasteiger partial charge in [-0.3, -0.25) is 9.59 Å². The number of aromatic nitrogens is 4. The van der Waals surface area contributed by atoms with Crippen molar-refractivity contribution in [3.05, 3.63) is 90.0 Å². The van der Waals surface area contributed by atoms with Crippen LogP contribution in [0.1, 0.15) is 20.7 Å². The topological polar surface area (TPSA) is 128 Å². The van der Waals surface area contributed by atoms with Gasteiger partial charge in [-0.15, -0.1) is 5.10 Å². The van der Waals surface area contributed by atoms with E-state index in [0.29, 0.717) is 22.6 Å². The van der Waals surface area contributed by atoms with Crippen LogP contribution in [0.5, 0.6) is 0 Å². The summed E-state index contributed by atoms with van der Waals surface area (Å²) in [5.41, 5.74) is 7.66. The van der Waals surface area contributed by atoms with Crippen molar-refractivity contribution in [2.24, 2.45) is 0 Å². The highest BCUT2D eigenvalue weighted by Crippen LogP contribution is 2.20. The van der Waals surface area contributed by atoms with E-state index in [0.717, 1.165) is 12.1 Å². The Hall–Kier alpha value is -4.60. The number of carbonyl (C=O) groups excluding carboxylic acids is 2. The molecule has 4 rings (SSSR count). The molecule has 0 saturated carbocycles. The average Bonchev–Trinajstić information content (AvgIpc) is 3.28. The minimum atomic E-state index is -0.527. The Morgan fingerprint density at radius 3 is 2.26 bits per heavy atom. The average molecular weight is 417 g/mol. The van der Waals surface area contributed by atoms with E-state index in [1.54, 1.807) is 48.5 Å². The first-order chi connectivity index (χ1) is 15.0. The van der Waals surface area contributed by atoms with E-state index < -0.39 is 11.7 Å². The van der Waals surface area contributed by atoms with Crippen LogP contribution >= 0.6 is 0 Å². The molecule has 0 aliphatic heterocycles. The minimum absolute atomic E-state index is 0.0289.